The van der Waals surface area contributed by atoms with Crippen LogP contribution in [0.2, 0.25) is 0 Å². The largest absolute Gasteiger partial charge is 0.379 e. The first-order chi connectivity index (χ1) is 11.4. The second-order valence-corrected chi connectivity index (χ2v) is 5.97. The number of nitrogens with zero attached hydrogens (tertiary/aromatic N) is 5. The Labute approximate surface area is 134 Å². The van der Waals surface area contributed by atoms with Crippen LogP contribution in [-0.2, 0) is 24.2 Å². The first-order valence-electron chi connectivity index (χ1n) is 8.20. The third kappa shape index (κ3) is 3.26. The molecule has 4 heterocycles. The predicted molar refractivity (Wildman–Crippen MR) is 85.2 cm³/mol. The molecular weight excluding hydrogens is 294 g/mol. The van der Waals surface area contributed by atoms with E-state index in [1.807, 2.05) is 6.07 Å². The van der Waals surface area contributed by atoms with Crippen LogP contribution in [0.15, 0.2) is 12.3 Å². The summed E-state index contributed by atoms with van der Waals surface area (Å²) >= 11 is 0. The number of hydrogen-bond donors (Lipinski definition) is 2. The van der Waals surface area contributed by atoms with Crippen LogP contribution in [-0.4, -0.2) is 44.0 Å². The van der Waals surface area contributed by atoms with Gasteiger partial charge in [-0.3, -0.25) is 0 Å². The average molecular weight is 315 g/mol. The maximum Gasteiger partial charge on any atom is 0.224 e. The van der Waals surface area contributed by atoms with Crippen molar-refractivity contribution in [2.45, 2.75) is 44.8 Å². The van der Waals surface area contributed by atoms with E-state index in [0.717, 1.165) is 62.9 Å². The molecule has 8 nitrogen and oxygen atoms in total. The van der Waals surface area contributed by atoms with Gasteiger partial charge in [-0.15, -0.1) is 10.2 Å². The zero-order valence-electron chi connectivity index (χ0n) is 13.0. The molecule has 2 aliphatic heterocycles. The van der Waals surface area contributed by atoms with Crippen molar-refractivity contribution in [1.29, 1.82) is 0 Å². The minimum absolute atomic E-state index is 0.325. The van der Waals surface area contributed by atoms with E-state index in [2.05, 4.69) is 35.4 Å². The third-order valence-electron chi connectivity index (χ3n) is 4.26. The number of anilines is 2. The second kappa shape index (κ2) is 6.49. The Bertz CT molecular complexity index is 666. The summed E-state index contributed by atoms with van der Waals surface area (Å²) in [5.41, 5.74) is 0. The smallest absolute Gasteiger partial charge is 0.224 e. The fourth-order valence-corrected chi connectivity index (χ4v) is 3.09. The summed E-state index contributed by atoms with van der Waals surface area (Å²) in [6, 6.07) is 2.21. The van der Waals surface area contributed by atoms with E-state index in [0.29, 0.717) is 18.5 Å². The van der Waals surface area contributed by atoms with E-state index in [4.69, 9.17) is 4.74 Å². The predicted octanol–water partition coefficient (Wildman–Crippen LogP) is 1.22. The summed E-state index contributed by atoms with van der Waals surface area (Å²) in [5.74, 6) is 3.45. The molecule has 23 heavy (non-hydrogen) atoms. The molecular formula is C15H21N7O. The van der Waals surface area contributed by atoms with Crippen LogP contribution in [0.1, 0.15) is 30.9 Å². The molecule has 0 aliphatic carbocycles. The number of ether oxygens (including phenoxy) is 1. The summed E-state index contributed by atoms with van der Waals surface area (Å²) in [4.78, 5) is 8.79. The number of nitrogens with one attached hydrogen (secondary N) is 2. The molecule has 2 aromatic rings. The van der Waals surface area contributed by atoms with Crippen LogP contribution in [0, 0.1) is 0 Å². The summed E-state index contributed by atoms with van der Waals surface area (Å²) in [7, 11) is 0. The van der Waals surface area contributed by atoms with Crippen LogP contribution in [0.3, 0.4) is 0 Å². The van der Waals surface area contributed by atoms with Gasteiger partial charge in [-0.05, 0) is 25.3 Å². The number of fused-ring (bicyclic) bond motifs is 1. The maximum absolute atomic E-state index is 5.48. The van der Waals surface area contributed by atoms with Gasteiger partial charge in [-0.1, -0.05) is 0 Å². The van der Waals surface area contributed by atoms with Gasteiger partial charge < -0.3 is 19.9 Å². The monoisotopic (exact) mass is 315 g/mol. The lowest BCUT2D eigenvalue weighted by Gasteiger charge is -2.23. The Balaban J connectivity index is 1.38. The van der Waals surface area contributed by atoms with Gasteiger partial charge in [-0.25, -0.2) is 4.98 Å². The van der Waals surface area contributed by atoms with E-state index in [1.165, 1.54) is 0 Å². The van der Waals surface area contributed by atoms with E-state index in [9.17, 15) is 0 Å². The SMILES string of the molecule is c1cc(N[C@@H]2CCCOC2)nc(NCc2nnc3n2CCC3)n1. The molecule has 0 amide bonds. The molecule has 1 fully saturated rings. The van der Waals surface area contributed by atoms with Crippen LogP contribution in [0.25, 0.3) is 0 Å². The fraction of sp³-hybridized carbons (Fsp3) is 0.600. The zero-order chi connectivity index (χ0) is 15.5. The average Bonchev–Trinajstić information content (AvgIpc) is 3.18. The molecule has 1 atom stereocenters. The summed E-state index contributed by atoms with van der Waals surface area (Å²) in [5, 5.41) is 15.1. The number of rotatable bonds is 5. The van der Waals surface area contributed by atoms with E-state index < -0.39 is 0 Å². The summed E-state index contributed by atoms with van der Waals surface area (Å²) in [6.45, 7) is 3.18. The van der Waals surface area contributed by atoms with Gasteiger partial charge in [-0.2, -0.15) is 4.98 Å². The first kappa shape index (κ1) is 14.4. The minimum atomic E-state index is 0.325. The van der Waals surface area contributed by atoms with Crippen molar-refractivity contribution in [3.8, 4) is 0 Å². The molecule has 0 bridgehead atoms. The standard InChI is InChI=1S/C15H21N7O/c1-4-13-20-21-14(22(13)7-1)9-17-15-16-6-5-12(19-15)18-11-3-2-8-23-10-11/h5-6,11H,1-4,7-10H2,(H2,16,17,18,19)/t11-/m1/s1. The molecule has 0 unspecified atom stereocenters. The highest BCUT2D eigenvalue weighted by molar-refractivity contribution is 5.40. The van der Waals surface area contributed by atoms with Gasteiger partial charge in [0.1, 0.15) is 11.6 Å². The summed E-state index contributed by atoms with van der Waals surface area (Å²) < 4.78 is 7.66. The Morgan fingerprint density at radius 1 is 1.30 bits per heavy atom. The zero-order valence-corrected chi connectivity index (χ0v) is 13.0. The van der Waals surface area contributed by atoms with Gasteiger partial charge in [0.25, 0.3) is 0 Å². The molecule has 2 aromatic heterocycles. The molecule has 4 rings (SSSR count). The molecule has 1 saturated heterocycles. The molecule has 0 aromatic carbocycles. The van der Waals surface area contributed by atoms with Gasteiger partial charge in [0, 0.05) is 25.8 Å². The van der Waals surface area contributed by atoms with Crippen LogP contribution in [0.5, 0.6) is 0 Å². The maximum atomic E-state index is 5.48. The summed E-state index contributed by atoms with van der Waals surface area (Å²) in [6.07, 6.45) is 6.13. The third-order valence-corrected chi connectivity index (χ3v) is 4.26. The lowest BCUT2D eigenvalue weighted by molar-refractivity contribution is 0.0875. The van der Waals surface area contributed by atoms with Crippen molar-refractivity contribution in [1.82, 2.24) is 24.7 Å². The minimum Gasteiger partial charge on any atom is -0.379 e. The van der Waals surface area contributed by atoms with Crippen LogP contribution in [0.4, 0.5) is 11.8 Å². The first-order valence-corrected chi connectivity index (χ1v) is 8.20. The molecule has 0 radical (unpaired) electrons. The number of hydrogen-bond acceptors (Lipinski definition) is 7. The van der Waals surface area contributed by atoms with Crippen LogP contribution >= 0.6 is 0 Å². The molecule has 2 aliphatic rings. The lowest BCUT2D eigenvalue weighted by atomic mass is 10.1. The van der Waals surface area contributed by atoms with Crippen molar-refractivity contribution in [3.63, 3.8) is 0 Å². The fourth-order valence-electron chi connectivity index (χ4n) is 3.09. The van der Waals surface area contributed by atoms with Crippen molar-refractivity contribution in [3.05, 3.63) is 23.9 Å². The lowest BCUT2D eigenvalue weighted by Crippen LogP contribution is -2.30. The second-order valence-electron chi connectivity index (χ2n) is 5.97. The Morgan fingerprint density at radius 3 is 3.22 bits per heavy atom. The van der Waals surface area contributed by atoms with Crippen molar-refractivity contribution < 1.29 is 4.74 Å². The highest BCUT2D eigenvalue weighted by Gasteiger charge is 2.17. The van der Waals surface area contributed by atoms with Gasteiger partial charge in [0.2, 0.25) is 5.95 Å². The quantitative estimate of drug-likeness (QED) is 0.857. The van der Waals surface area contributed by atoms with Crippen molar-refractivity contribution in [2.24, 2.45) is 0 Å². The number of aromatic nitrogens is 5. The Hall–Kier alpha value is -2.22. The van der Waals surface area contributed by atoms with Crippen molar-refractivity contribution >= 4 is 11.8 Å². The molecule has 122 valence electrons. The molecule has 0 saturated carbocycles. The van der Waals surface area contributed by atoms with E-state index in [-0.39, 0.29) is 0 Å². The Morgan fingerprint density at radius 2 is 2.30 bits per heavy atom. The Kier molecular flexibility index (Phi) is 4.06. The molecule has 0 spiro atoms. The van der Waals surface area contributed by atoms with E-state index >= 15 is 0 Å². The topological polar surface area (TPSA) is 89.8 Å². The molecule has 8 heteroatoms. The van der Waals surface area contributed by atoms with E-state index in [1.54, 1.807) is 6.20 Å². The highest BCUT2D eigenvalue weighted by atomic mass is 16.5. The number of aryl methyl sites for hydroxylation is 1. The van der Waals surface area contributed by atoms with Gasteiger partial charge in [0.05, 0.1) is 19.2 Å². The highest BCUT2D eigenvalue weighted by Crippen LogP contribution is 2.16. The normalized spacial score (nSPS) is 20.3. The molecule has 2 N–H and O–H groups in total. The van der Waals surface area contributed by atoms with Crippen molar-refractivity contribution in [2.75, 3.05) is 23.8 Å². The van der Waals surface area contributed by atoms with Crippen LogP contribution < -0.4 is 10.6 Å². The van der Waals surface area contributed by atoms with Gasteiger partial charge >= 0.3 is 0 Å². The van der Waals surface area contributed by atoms with Gasteiger partial charge in [0.15, 0.2) is 5.82 Å².